The molecular weight excluding hydrogens is 254 g/mol. The predicted molar refractivity (Wildman–Crippen MR) is 74.3 cm³/mol. The van der Waals surface area contributed by atoms with Gasteiger partial charge in [-0.2, -0.15) is 0 Å². The number of aromatic carboxylic acids is 1. The molecule has 1 heterocycles. The van der Waals surface area contributed by atoms with Crippen LogP contribution in [0.4, 0.5) is 0 Å². The van der Waals surface area contributed by atoms with Crippen molar-refractivity contribution in [3.63, 3.8) is 0 Å². The second-order valence-corrected chi connectivity index (χ2v) is 4.29. The van der Waals surface area contributed by atoms with Crippen molar-refractivity contribution < 1.29 is 14.3 Å². The lowest BCUT2D eigenvalue weighted by Crippen LogP contribution is -1.95. The van der Waals surface area contributed by atoms with Crippen molar-refractivity contribution >= 4 is 5.97 Å². The highest BCUT2D eigenvalue weighted by Gasteiger charge is 2.12. The minimum absolute atomic E-state index is 0.0925. The summed E-state index contributed by atoms with van der Waals surface area (Å²) in [5.74, 6) is -0.792. The maximum atomic E-state index is 10.8. The molecule has 0 atom stereocenters. The lowest BCUT2D eigenvalue weighted by Gasteiger charge is -2.02. The van der Waals surface area contributed by atoms with Crippen LogP contribution in [0.15, 0.2) is 65.3 Å². The van der Waals surface area contributed by atoms with Gasteiger partial charge in [0.05, 0.1) is 0 Å². The molecule has 20 heavy (non-hydrogen) atoms. The highest BCUT2D eigenvalue weighted by atomic mass is 16.4. The number of carboxylic acids is 1. The second-order valence-electron chi connectivity index (χ2n) is 4.29. The number of benzene rings is 2. The number of rotatable bonds is 3. The van der Waals surface area contributed by atoms with Gasteiger partial charge in [-0.3, -0.25) is 0 Å². The monoisotopic (exact) mass is 265 g/mol. The van der Waals surface area contributed by atoms with E-state index in [0.29, 0.717) is 5.89 Å². The highest BCUT2D eigenvalue weighted by molar-refractivity contribution is 5.85. The number of carboxylic acid groups (broad SMARTS) is 1. The molecule has 0 aliphatic rings. The topological polar surface area (TPSA) is 63.3 Å². The van der Waals surface area contributed by atoms with Gasteiger partial charge in [0.1, 0.15) is 6.26 Å². The molecular formula is C16H11NO3. The van der Waals surface area contributed by atoms with Crippen molar-refractivity contribution in [1.82, 2.24) is 4.98 Å². The zero-order valence-corrected chi connectivity index (χ0v) is 10.5. The first kappa shape index (κ1) is 12.2. The molecule has 0 amide bonds. The SMILES string of the molecule is O=C(O)c1coc(-c2cccc(-c3ccccc3)c2)n1. The van der Waals surface area contributed by atoms with Crippen molar-refractivity contribution in [1.29, 1.82) is 0 Å². The van der Waals surface area contributed by atoms with Crippen LogP contribution in [0.25, 0.3) is 22.6 Å². The van der Waals surface area contributed by atoms with Crippen LogP contribution >= 0.6 is 0 Å². The molecule has 0 saturated carbocycles. The maximum Gasteiger partial charge on any atom is 0.357 e. The molecule has 0 bridgehead atoms. The van der Waals surface area contributed by atoms with Crippen LogP contribution in [-0.4, -0.2) is 16.1 Å². The summed E-state index contributed by atoms with van der Waals surface area (Å²) in [5, 5.41) is 8.86. The molecule has 0 fully saturated rings. The average Bonchev–Trinajstić information content (AvgIpc) is 2.98. The summed E-state index contributed by atoms with van der Waals surface area (Å²) in [6.45, 7) is 0. The fourth-order valence-corrected chi connectivity index (χ4v) is 1.97. The summed E-state index contributed by atoms with van der Waals surface area (Å²) in [6.07, 6.45) is 1.15. The summed E-state index contributed by atoms with van der Waals surface area (Å²) in [7, 11) is 0. The Morgan fingerprint density at radius 2 is 1.65 bits per heavy atom. The molecule has 1 N–H and O–H groups in total. The molecule has 0 aliphatic carbocycles. The van der Waals surface area contributed by atoms with Crippen molar-refractivity contribution in [2.45, 2.75) is 0 Å². The molecule has 2 aromatic carbocycles. The normalized spacial score (nSPS) is 10.4. The summed E-state index contributed by atoms with van der Waals surface area (Å²) < 4.78 is 5.21. The van der Waals surface area contributed by atoms with Gasteiger partial charge in [-0.1, -0.05) is 42.5 Å². The van der Waals surface area contributed by atoms with Gasteiger partial charge in [0.15, 0.2) is 5.69 Å². The Balaban J connectivity index is 2.01. The maximum absolute atomic E-state index is 10.8. The molecule has 4 nitrogen and oxygen atoms in total. The lowest BCUT2D eigenvalue weighted by molar-refractivity contribution is 0.0690. The van der Waals surface area contributed by atoms with Gasteiger partial charge >= 0.3 is 5.97 Å². The minimum Gasteiger partial charge on any atom is -0.476 e. The second kappa shape index (κ2) is 5.01. The van der Waals surface area contributed by atoms with Gasteiger partial charge in [-0.05, 0) is 23.3 Å². The minimum atomic E-state index is -1.10. The van der Waals surface area contributed by atoms with Crippen molar-refractivity contribution in [3.05, 3.63) is 66.6 Å². The van der Waals surface area contributed by atoms with Crippen LogP contribution in [0.5, 0.6) is 0 Å². The van der Waals surface area contributed by atoms with E-state index in [0.717, 1.165) is 23.0 Å². The Labute approximate surface area is 115 Å². The molecule has 98 valence electrons. The summed E-state index contributed by atoms with van der Waals surface area (Å²) >= 11 is 0. The number of oxazole rings is 1. The number of carbonyl (C=O) groups is 1. The smallest absolute Gasteiger partial charge is 0.357 e. The molecule has 0 spiro atoms. The molecule has 0 aliphatic heterocycles. The van der Waals surface area contributed by atoms with Crippen LogP contribution in [-0.2, 0) is 0 Å². The third kappa shape index (κ3) is 2.31. The van der Waals surface area contributed by atoms with Crippen LogP contribution in [0.3, 0.4) is 0 Å². The van der Waals surface area contributed by atoms with Gasteiger partial charge in [-0.15, -0.1) is 0 Å². The Morgan fingerprint density at radius 1 is 0.950 bits per heavy atom. The molecule has 1 aromatic heterocycles. The van der Waals surface area contributed by atoms with E-state index in [1.54, 1.807) is 0 Å². The largest absolute Gasteiger partial charge is 0.476 e. The van der Waals surface area contributed by atoms with E-state index < -0.39 is 5.97 Å². The first-order chi connectivity index (χ1) is 9.74. The Kier molecular flexibility index (Phi) is 3.05. The third-order valence-electron chi connectivity index (χ3n) is 2.94. The van der Waals surface area contributed by atoms with E-state index in [9.17, 15) is 4.79 Å². The van der Waals surface area contributed by atoms with E-state index in [2.05, 4.69) is 4.98 Å². The highest BCUT2D eigenvalue weighted by Crippen LogP contribution is 2.25. The zero-order chi connectivity index (χ0) is 13.9. The summed E-state index contributed by atoms with van der Waals surface area (Å²) in [6, 6.07) is 17.6. The van der Waals surface area contributed by atoms with Crippen molar-refractivity contribution in [2.24, 2.45) is 0 Å². The number of hydrogen-bond donors (Lipinski definition) is 1. The Bertz CT molecular complexity index is 747. The van der Waals surface area contributed by atoms with Crippen LogP contribution in [0.1, 0.15) is 10.5 Å². The van der Waals surface area contributed by atoms with Gasteiger partial charge in [0, 0.05) is 5.56 Å². The molecule has 0 unspecified atom stereocenters. The zero-order valence-electron chi connectivity index (χ0n) is 10.5. The summed E-state index contributed by atoms with van der Waals surface area (Å²) in [5.41, 5.74) is 2.77. The van der Waals surface area contributed by atoms with Crippen molar-refractivity contribution in [2.75, 3.05) is 0 Å². The van der Waals surface area contributed by atoms with E-state index in [4.69, 9.17) is 9.52 Å². The third-order valence-corrected chi connectivity index (χ3v) is 2.94. The van der Waals surface area contributed by atoms with Gasteiger partial charge in [0.25, 0.3) is 0 Å². The van der Waals surface area contributed by atoms with E-state index in [1.807, 2.05) is 54.6 Å². The summed E-state index contributed by atoms with van der Waals surface area (Å²) in [4.78, 5) is 14.8. The van der Waals surface area contributed by atoms with E-state index in [1.165, 1.54) is 0 Å². The van der Waals surface area contributed by atoms with Crippen LogP contribution in [0.2, 0.25) is 0 Å². The Hall–Kier alpha value is -2.88. The average molecular weight is 265 g/mol. The number of nitrogens with zero attached hydrogens (tertiary/aromatic N) is 1. The van der Waals surface area contributed by atoms with Crippen molar-refractivity contribution in [3.8, 4) is 22.6 Å². The molecule has 3 aromatic rings. The predicted octanol–water partition coefficient (Wildman–Crippen LogP) is 3.71. The number of hydrogen-bond acceptors (Lipinski definition) is 3. The fourth-order valence-electron chi connectivity index (χ4n) is 1.97. The molecule has 0 radical (unpaired) electrons. The van der Waals surface area contributed by atoms with Gasteiger partial charge in [-0.25, -0.2) is 9.78 Å². The number of aromatic nitrogens is 1. The fraction of sp³-hybridized carbons (Fsp3) is 0. The Morgan fingerprint density at radius 3 is 2.35 bits per heavy atom. The van der Waals surface area contributed by atoms with Crippen LogP contribution < -0.4 is 0 Å². The van der Waals surface area contributed by atoms with Crippen LogP contribution in [0, 0.1) is 0 Å². The molecule has 3 rings (SSSR count). The first-order valence-corrected chi connectivity index (χ1v) is 6.09. The first-order valence-electron chi connectivity index (χ1n) is 6.09. The molecule has 4 heteroatoms. The van der Waals surface area contributed by atoms with E-state index in [-0.39, 0.29) is 5.69 Å². The molecule has 0 saturated heterocycles. The van der Waals surface area contributed by atoms with Gasteiger partial charge < -0.3 is 9.52 Å². The van der Waals surface area contributed by atoms with E-state index >= 15 is 0 Å². The lowest BCUT2D eigenvalue weighted by atomic mass is 10.0. The quantitative estimate of drug-likeness (QED) is 0.784. The van der Waals surface area contributed by atoms with Gasteiger partial charge in [0.2, 0.25) is 5.89 Å². The standard InChI is InChI=1S/C16H11NO3/c18-16(19)14-10-20-15(17-14)13-8-4-7-12(9-13)11-5-2-1-3-6-11/h1-10H,(H,18,19).